The molecule has 0 amide bonds. The van der Waals surface area contributed by atoms with Crippen molar-refractivity contribution in [1.29, 1.82) is 0 Å². The van der Waals surface area contributed by atoms with Gasteiger partial charge in [0.1, 0.15) is 0 Å². The van der Waals surface area contributed by atoms with Crippen molar-refractivity contribution in [1.82, 2.24) is 5.32 Å². The van der Waals surface area contributed by atoms with Gasteiger partial charge >= 0.3 is 0 Å². The fraction of sp³-hybridized carbons (Fsp3) is 0.692. The average Bonchev–Trinajstić information content (AvgIpc) is 2.63. The predicted octanol–water partition coefficient (Wildman–Crippen LogP) is 4.14. The molecule has 1 N–H and O–H groups in total. The highest BCUT2D eigenvalue weighted by Gasteiger charge is 2.15. The van der Waals surface area contributed by atoms with Crippen LogP contribution in [0.3, 0.4) is 0 Å². The van der Waals surface area contributed by atoms with Gasteiger partial charge in [-0.1, -0.05) is 20.3 Å². The van der Waals surface area contributed by atoms with Crippen LogP contribution in [0, 0.1) is 12.8 Å². The lowest BCUT2D eigenvalue weighted by atomic mass is 10.00. The van der Waals surface area contributed by atoms with Crippen LogP contribution in [0.4, 0.5) is 0 Å². The largest absolute Gasteiger partial charge is 0.307 e. The summed E-state index contributed by atoms with van der Waals surface area (Å²) in [4.78, 5) is 1.48. The molecule has 1 rings (SSSR count). The molecule has 0 radical (unpaired) electrons. The number of hydrogen-bond donors (Lipinski definition) is 1. The third kappa shape index (κ3) is 3.32. The van der Waals surface area contributed by atoms with Crippen molar-refractivity contribution in [3.05, 3.63) is 21.9 Å². The molecule has 0 saturated heterocycles. The highest BCUT2D eigenvalue weighted by atomic mass is 32.1. The first-order chi connectivity index (χ1) is 7.06. The summed E-state index contributed by atoms with van der Waals surface area (Å²) in [7, 11) is 0. The van der Waals surface area contributed by atoms with Crippen LogP contribution in [-0.4, -0.2) is 6.04 Å². The van der Waals surface area contributed by atoms with E-state index in [-0.39, 0.29) is 0 Å². The molecule has 0 bridgehead atoms. The first-order valence-electron chi connectivity index (χ1n) is 5.86. The minimum atomic E-state index is 0.481. The highest BCUT2D eigenvalue weighted by Crippen LogP contribution is 2.24. The maximum atomic E-state index is 3.68. The summed E-state index contributed by atoms with van der Waals surface area (Å²) in [5.74, 6) is 0.743. The molecular formula is C13H23NS. The Morgan fingerprint density at radius 3 is 2.47 bits per heavy atom. The summed E-state index contributed by atoms with van der Waals surface area (Å²) in [6.45, 7) is 11.3. The van der Waals surface area contributed by atoms with Gasteiger partial charge in [0.25, 0.3) is 0 Å². The average molecular weight is 225 g/mol. The van der Waals surface area contributed by atoms with E-state index in [0.717, 1.165) is 5.92 Å². The first kappa shape index (κ1) is 12.7. The Bertz CT molecular complexity index is 292. The number of hydrogen-bond acceptors (Lipinski definition) is 2. The van der Waals surface area contributed by atoms with E-state index in [1.165, 1.54) is 16.9 Å². The van der Waals surface area contributed by atoms with E-state index in [1.54, 1.807) is 0 Å². The summed E-state index contributed by atoms with van der Waals surface area (Å²) >= 11 is 1.86. The van der Waals surface area contributed by atoms with E-state index in [4.69, 9.17) is 0 Å². The second kappa shape index (κ2) is 5.66. The molecule has 3 atom stereocenters. The number of aryl methyl sites for hydroxylation is 1. The molecule has 2 heteroatoms. The molecule has 86 valence electrons. The van der Waals surface area contributed by atoms with Gasteiger partial charge in [0.15, 0.2) is 0 Å². The van der Waals surface area contributed by atoms with Gasteiger partial charge in [-0.05, 0) is 43.7 Å². The smallest absolute Gasteiger partial charge is 0.0390 e. The van der Waals surface area contributed by atoms with E-state index < -0.39 is 0 Å². The minimum absolute atomic E-state index is 0.481. The fourth-order valence-corrected chi connectivity index (χ4v) is 2.76. The van der Waals surface area contributed by atoms with Crippen LogP contribution < -0.4 is 5.32 Å². The molecule has 0 aliphatic carbocycles. The van der Waals surface area contributed by atoms with Crippen molar-refractivity contribution in [3.8, 4) is 0 Å². The lowest BCUT2D eigenvalue weighted by molar-refractivity contribution is 0.362. The molecule has 1 aromatic rings. The van der Waals surface area contributed by atoms with Crippen molar-refractivity contribution in [2.24, 2.45) is 5.92 Å². The summed E-state index contributed by atoms with van der Waals surface area (Å²) in [6, 6.07) is 3.27. The van der Waals surface area contributed by atoms with Gasteiger partial charge in [0.05, 0.1) is 0 Å². The van der Waals surface area contributed by atoms with Crippen LogP contribution in [0.1, 0.15) is 50.6 Å². The summed E-state index contributed by atoms with van der Waals surface area (Å²) in [6.07, 6.45) is 1.24. The number of nitrogens with one attached hydrogen (secondary N) is 1. The van der Waals surface area contributed by atoms with Gasteiger partial charge in [-0.15, -0.1) is 11.3 Å². The fourth-order valence-electron chi connectivity index (χ4n) is 1.82. The van der Waals surface area contributed by atoms with Crippen LogP contribution in [0.2, 0.25) is 0 Å². The first-order valence-corrected chi connectivity index (χ1v) is 6.74. The molecule has 1 heterocycles. The lowest BCUT2D eigenvalue weighted by Crippen LogP contribution is -2.33. The zero-order chi connectivity index (χ0) is 11.4. The summed E-state index contributed by atoms with van der Waals surface area (Å²) < 4.78 is 0. The van der Waals surface area contributed by atoms with Crippen LogP contribution in [0.25, 0.3) is 0 Å². The van der Waals surface area contributed by atoms with Gasteiger partial charge in [0, 0.05) is 17.0 Å². The molecular weight excluding hydrogens is 202 g/mol. The Hall–Kier alpha value is -0.340. The molecule has 3 unspecified atom stereocenters. The summed E-state index contributed by atoms with van der Waals surface area (Å²) in [5, 5.41) is 5.86. The Morgan fingerprint density at radius 1 is 1.33 bits per heavy atom. The summed E-state index contributed by atoms with van der Waals surface area (Å²) in [5.41, 5.74) is 1.41. The molecule has 1 aromatic heterocycles. The van der Waals surface area contributed by atoms with Crippen LogP contribution in [0.15, 0.2) is 11.4 Å². The van der Waals surface area contributed by atoms with Gasteiger partial charge in [-0.25, -0.2) is 0 Å². The predicted molar refractivity (Wildman–Crippen MR) is 69.5 cm³/mol. The van der Waals surface area contributed by atoms with Gasteiger partial charge in [-0.2, -0.15) is 0 Å². The molecule has 0 aromatic carbocycles. The maximum absolute atomic E-state index is 3.68. The van der Waals surface area contributed by atoms with E-state index in [2.05, 4.69) is 51.4 Å². The third-order valence-corrected chi connectivity index (χ3v) is 4.51. The van der Waals surface area contributed by atoms with Gasteiger partial charge in [-0.3, -0.25) is 0 Å². The van der Waals surface area contributed by atoms with Crippen molar-refractivity contribution in [2.45, 2.75) is 53.1 Å². The topological polar surface area (TPSA) is 12.0 Å². The van der Waals surface area contributed by atoms with Crippen molar-refractivity contribution in [3.63, 3.8) is 0 Å². The number of thiophene rings is 1. The Morgan fingerprint density at radius 2 is 2.00 bits per heavy atom. The second-order valence-electron chi connectivity index (χ2n) is 4.53. The van der Waals surface area contributed by atoms with Crippen molar-refractivity contribution in [2.75, 3.05) is 0 Å². The van der Waals surface area contributed by atoms with Crippen molar-refractivity contribution >= 4 is 11.3 Å². The standard InChI is InChI=1S/C13H23NS/c1-6-9(2)11(4)14-12(5)13-10(3)7-8-15-13/h7-9,11-12,14H,6H2,1-5H3. The minimum Gasteiger partial charge on any atom is -0.307 e. The lowest BCUT2D eigenvalue weighted by Gasteiger charge is -2.24. The van der Waals surface area contributed by atoms with Crippen LogP contribution in [-0.2, 0) is 0 Å². The van der Waals surface area contributed by atoms with Gasteiger partial charge < -0.3 is 5.32 Å². The zero-order valence-corrected chi connectivity index (χ0v) is 11.3. The highest BCUT2D eigenvalue weighted by molar-refractivity contribution is 7.10. The maximum Gasteiger partial charge on any atom is 0.0390 e. The molecule has 1 nitrogen and oxygen atoms in total. The van der Waals surface area contributed by atoms with E-state index in [9.17, 15) is 0 Å². The Kier molecular flexibility index (Phi) is 4.81. The molecule has 0 spiro atoms. The third-order valence-electron chi connectivity index (χ3n) is 3.31. The van der Waals surface area contributed by atoms with Crippen molar-refractivity contribution < 1.29 is 0 Å². The van der Waals surface area contributed by atoms with Gasteiger partial charge in [0.2, 0.25) is 0 Å². The molecule has 0 fully saturated rings. The zero-order valence-electron chi connectivity index (χ0n) is 10.5. The van der Waals surface area contributed by atoms with E-state index in [1.807, 2.05) is 11.3 Å². The van der Waals surface area contributed by atoms with E-state index in [0.29, 0.717) is 12.1 Å². The molecule has 0 aliphatic heterocycles. The van der Waals surface area contributed by atoms with Crippen LogP contribution >= 0.6 is 11.3 Å². The van der Waals surface area contributed by atoms with E-state index >= 15 is 0 Å². The Labute approximate surface area is 97.9 Å². The molecule has 0 saturated carbocycles. The van der Waals surface area contributed by atoms with Crippen LogP contribution in [0.5, 0.6) is 0 Å². The molecule has 0 aliphatic rings. The SMILES string of the molecule is CCC(C)C(C)NC(C)c1sccc1C. The Balaban J connectivity index is 2.56. The molecule has 15 heavy (non-hydrogen) atoms. The number of rotatable bonds is 5. The monoisotopic (exact) mass is 225 g/mol. The quantitative estimate of drug-likeness (QED) is 0.794. The normalized spacial score (nSPS) is 17.4. The second-order valence-corrected chi connectivity index (χ2v) is 5.48.